The summed E-state index contributed by atoms with van der Waals surface area (Å²) >= 11 is 0. The molecule has 0 aromatic heterocycles. The van der Waals surface area contributed by atoms with Gasteiger partial charge in [0.1, 0.15) is 6.10 Å². The van der Waals surface area contributed by atoms with Gasteiger partial charge in [-0.15, -0.1) is 0 Å². The molecule has 0 amide bonds. The zero-order valence-electron chi connectivity index (χ0n) is 20.6. The fourth-order valence-electron chi connectivity index (χ4n) is 4.14. The summed E-state index contributed by atoms with van der Waals surface area (Å²) in [5, 5.41) is 0. The van der Waals surface area contributed by atoms with Crippen LogP contribution >= 0.6 is 0 Å². The quantitative estimate of drug-likeness (QED) is 0.186. The second kappa shape index (κ2) is 12.3. The van der Waals surface area contributed by atoms with Crippen molar-refractivity contribution in [2.75, 3.05) is 0 Å². The van der Waals surface area contributed by atoms with Crippen LogP contribution in [0.5, 0.6) is 0 Å². The van der Waals surface area contributed by atoms with Crippen LogP contribution in [0.15, 0.2) is 109 Å². The van der Waals surface area contributed by atoms with Crippen LogP contribution < -0.4 is 0 Å². The minimum atomic E-state index is -0.746. The van der Waals surface area contributed by atoms with E-state index in [1.165, 1.54) is 0 Å². The van der Waals surface area contributed by atoms with Gasteiger partial charge < -0.3 is 0 Å². The lowest BCUT2D eigenvalue weighted by atomic mass is 9.95. The molecule has 1 saturated carbocycles. The third-order valence-electron chi connectivity index (χ3n) is 6.23. The van der Waals surface area contributed by atoms with Gasteiger partial charge in [0, 0.05) is 0 Å². The van der Waals surface area contributed by atoms with Crippen molar-refractivity contribution < 1.29 is 29.1 Å². The standard InChI is InChI=1S/C32H26O6/c33-31(27-19-15-25(16-20-27)23-9-3-1-4-10-23)37-35-29-13-7-8-14-30(29)36-38-32(34)28-21-17-26(18-22-28)24-11-5-2-6-12-24/h1-6,9-13,15-22,29H,7-8,14H2. The zero-order valence-corrected chi connectivity index (χ0v) is 20.6. The largest absolute Gasteiger partial charge is 0.373 e. The van der Waals surface area contributed by atoms with Crippen molar-refractivity contribution in [3.8, 4) is 22.3 Å². The summed E-state index contributed by atoms with van der Waals surface area (Å²) in [6.07, 6.45) is 3.48. The molecule has 5 rings (SSSR count). The van der Waals surface area contributed by atoms with Crippen LogP contribution in [0.2, 0.25) is 0 Å². The molecule has 1 unspecified atom stereocenters. The summed E-state index contributed by atoms with van der Waals surface area (Å²) in [5.74, 6) is -1.25. The average molecular weight is 507 g/mol. The molecule has 4 aromatic rings. The van der Waals surface area contributed by atoms with Crippen molar-refractivity contribution >= 4 is 11.9 Å². The molecule has 0 spiro atoms. The Bertz CT molecular complexity index is 1230. The predicted molar refractivity (Wildman–Crippen MR) is 142 cm³/mol. The molecule has 0 bridgehead atoms. The topological polar surface area (TPSA) is 71.1 Å². The Labute approximate surface area is 221 Å². The molecule has 190 valence electrons. The molecule has 2 radical (unpaired) electrons. The van der Waals surface area contributed by atoms with Gasteiger partial charge in [0.05, 0.1) is 11.1 Å². The first-order chi connectivity index (χ1) is 18.7. The van der Waals surface area contributed by atoms with Crippen molar-refractivity contribution in [3.05, 3.63) is 133 Å². The van der Waals surface area contributed by atoms with Gasteiger partial charge in [-0.25, -0.2) is 9.59 Å². The van der Waals surface area contributed by atoms with Crippen molar-refractivity contribution in [2.24, 2.45) is 0 Å². The minimum absolute atomic E-state index is 0.355. The molecule has 0 aliphatic heterocycles. The van der Waals surface area contributed by atoms with E-state index in [-0.39, 0.29) is 0 Å². The monoisotopic (exact) mass is 506 g/mol. The summed E-state index contributed by atoms with van der Waals surface area (Å²) < 4.78 is 0. The average Bonchev–Trinajstić information content (AvgIpc) is 3.00. The highest BCUT2D eigenvalue weighted by atomic mass is 17.2. The lowest BCUT2D eigenvalue weighted by molar-refractivity contribution is -0.311. The molecule has 1 aliphatic carbocycles. The number of carbonyl (C=O) groups is 2. The number of carbonyl (C=O) groups excluding carboxylic acids is 2. The zero-order chi connectivity index (χ0) is 26.2. The maximum Gasteiger partial charge on any atom is 0.373 e. The van der Waals surface area contributed by atoms with Crippen LogP contribution in [0.25, 0.3) is 22.3 Å². The summed E-state index contributed by atoms with van der Waals surface area (Å²) in [6, 6.07) is 33.9. The van der Waals surface area contributed by atoms with E-state index in [1.54, 1.807) is 24.3 Å². The smallest absolute Gasteiger partial charge is 0.292 e. The fraction of sp³-hybridized carbons (Fsp3) is 0.125. The Morgan fingerprint density at radius 1 is 0.579 bits per heavy atom. The Hall–Kier alpha value is -4.26. The van der Waals surface area contributed by atoms with Crippen LogP contribution in [0, 0.1) is 12.5 Å². The van der Waals surface area contributed by atoms with Gasteiger partial charge in [0.25, 0.3) is 0 Å². The summed E-state index contributed by atoms with van der Waals surface area (Å²) in [7, 11) is 0. The number of hydrogen-bond donors (Lipinski definition) is 0. The van der Waals surface area contributed by atoms with Gasteiger partial charge in [-0.1, -0.05) is 84.9 Å². The molecule has 1 atom stereocenters. The highest BCUT2D eigenvalue weighted by molar-refractivity contribution is 5.90. The van der Waals surface area contributed by atoms with Crippen molar-refractivity contribution in [3.63, 3.8) is 0 Å². The third kappa shape index (κ3) is 6.35. The predicted octanol–water partition coefficient (Wildman–Crippen LogP) is 7.19. The lowest BCUT2D eigenvalue weighted by Crippen LogP contribution is -2.30. The molecule has 0 N–H and O–H groups in total. The maximum absolute atomic E-state index is 12.5. The highest BCUT2D eigenvalue weighted by Crippen LogP contribution is 2.30. The van der Waals surface area contributed by atoms with Gasteiger partial charge >= 0.3 is 11.9 Å². The number of hydrogen-bond acceptors (Lipinski definition) is 6. The van der Waals surface area contributed by atoms with Crippen molar-refractivity contribution in [2.45, 2.75) is 25.4 Å². The molecule has 6 nitrogen and oxygen atoms in total. The lowest BCUT2D eigenvalue weighted by Gasteiger charge is -2.26. The first-order valence-electron chi connectivity index (χ1n) is 12.4. The van der Waals surface area contributed by atoms with E-state index < -0.39 is 18.0 Å². The molecule has 0 heterocycles. The Kier molecular flexibility index (Phi) is 8.23. The van der Waals surface area contributed by atoms with E-state index in [2.05, 4.69) is 0 Å². The van der Waals surface area contributed by atoms with Crippen LogP contribution in [-0.4, -0.2) is 18.0 Å². The fourth-order valence-corrected chi connectivity index (χ4v) is 4.14. The summed E-state index contributed by atoms with van der Waals surface area (Å²) in [6.45, 7) is 0. The molecule has 6 heteroatoms. The molecule has 38 heavy (non-hydrogen) atoms. The van der Waals surface area contributed by atoms with Gasteiger partial charge in [-0.2, -0.15) is 9.78 Å². The molecule has 1 aliphatic rings. The van der Waals surface area contributed by atoms with E-state index in [0.717, 1.165) is 35.1 Å². The molecular formula is C32H26O6. The molecular weight excluding hydrogens is 480 g/mol. The minimum Gasteiger partial charge on any atom is -0.292 e. The SMILES string of the molecule is O=C(OO[C]1CCC[CH]C1OOC(=O)c1ccc(-c2ccccc2)cc1)c1ccc(-c2ccccc2)cc1. The van der Waals surface area contributed by atoms with E-state index in [9.17, 15) is 9.59 Å². The highest BCUT2D eigenvalue weighted by Gasteiger charge is 2.33. The Morgan fingerprint density at radius 3 is 1.58 bits per heavy atom. The Balaban J connectivity index is 1.13. The van der Waals surface area contributed by atoms with E-state index in [0.29, 0.717) is 23.7 Å². The first kappa shape index (κ1) is 25.4. The van der Waals surface area contributed by atoms with Crippen LogP contribution in [-0.2, 0) is 19.6 Å². The van der Waals surface area contributed by atoms with Crippen molar-refractivity contribution in [1.82, 2.24) is 0 Å². The second-order valence-corrected chi connectivity index (χ2v) is 8.82. The number of benzene rings is 4. The summed E-state index contributed by atoms with van der Waals surface area (Å²) in [4.78, 5) is 45.9. The number of rotatable bonds is 8. The molecule has 1 fully saturated rings. The molecule has 0 saturated heterocycles. The van der Waals surface area contributed by atoms with Crippen molar-refractivity contribution in [1.29, 1.82) is 0 Å². The van der Waals surface area contributed by atoms with E-state index in [4.69, 9.17) is 19.6 Å². The van der Waals surface area contributed by atoms with Crippen LogP contribution in [0.1, 0.15) is 40.0 Å². The normalized spacial score (nSPS) is 15.5. The van der Waals surface area contributed by atoms with Gasteiger partial charge in [-0.05, 0) is 72.2 Å². The van der Waals surface area contributed by atoms with Crippen LogP contribution in [0.4, 0.5) is 0 Å². The van der Waals surface area contributed by atoms with Gasteiger partial charge in [0.15, 0.2) is 6.10 Å². The van der Waals surface area contributed by atoms with E-state index >= 15 is 0 Å². The van der Waals surface area contributed by atoms with Gasteiger partial charge in [-0.3, -0.25) is 9.78 Å². The molecule has 4 aromatic carbocycles. The van der Waals surface area contributed by atoms with Gasteiger partial charge in [0.2, 0.25) is 0 Å². The second-order valence-electron chi connectivity index (χ2n) is 8.82. The van der Waals surface area contributed by atoms with E-state index in [1.807, 2.05) is 91.3 Å². The third-order valence-corrected chi connectivity index (χ3v) is 6.23. The first-order valence-corrected chi connectivity index (χ1v) is 12.4. The Morgan fingerprint density at radius 2 is 1.05 bits per heavy atom. The van der Waals surface area contributed by atoms with Crippen LogP contribution in [0.3, 0.4) is 0 Å². The maximum atomic E-state index is 12.5. The summed E-state index contributed by atoms with van der Waals surface area (Å²) in [5.41, 5.74) is 4.80.